The van der Waals surface area contributed by atoms with Gasteiger partial charge >= 0.3 is 0 Å². The molecule has 2 aromatic carbocycles. The molecule has 0 spiro atoms. The summed E-state index contributed by atoms with van der Waals surface area (Å²) in [6.45, 7) is -0.0334. The van der Waals surface area contributed by atoms with Gasteiger partial charge in [-0.25, -0.2) is 31.9 Å². The number of hydrogen-bond donors (Lipinski definition) is 1. The van der Waals surface area contributed by atoms with Gasteiger partial charge in [0, 0.05) is 5.56 Å². The molecule has 1 aromatic heterocycles. The number of benzene rings is 2. The van der Waals surface area contributed by atoms with E-state index in [2.05, 4.69) is 14.7 Å². The molecular formula is C18H15F2N3O2S. The maximum Gasteiger partial charge on any atom is 0.216 e. The molecule has 0 bridgehead atoms. The largest absolute Gasteiger partial charge is 0.240 e. The van der Waals surface area contributed by atoms with E-state index in [1.807, 2.05) is 0 Å². The third-order valence-electron chi connectivity index (χ3n) is 3.58. The first-order chi connectivity index (χ1) is 12.4. The van der Waals surface area contributed by atoms with Crippen LogP contribution in [0.2, 0.25) is 0 Å². The summed E-state index contributed by atoms with van der Waals surface area (Å²) in [6.07, 6.45) is 1.31. The predicted octanol–water partition coefficient (Wildman–Crippen LogP) is 3.04. The number of nitrogens with one attached hydrogen (secondary N) is 1. The maximum absolute atomic E-state index is 13.2. The zero-order chi connectivity index (χ0) is 18.6. The summed E-state index contributed by atoms with van der Waals surface area (Å²) >= 11 is 0. The topological polar surface area (TPSA) is 72.0 Å². The molecule has 5 nitrogen and oxygen atoms in total. The van der Waals surface area contributed by atoms with Crippen molar-refractivity contribution in [2.75, 3.05) is 0 Å². The van der Waals surface area contributed by atoms with E-state index in [9.17, 15) is 17.2 Å². The lowest BCUT2D eigenvalue weighted by Crippen LogP contribution is -2.25. The zero-order valence-corrected chi connectivity index (χ0v) is 14.4. The van der Waals surface area contributed by atoms with E-state index < -0.39 is 15.8 Å². The van der Waals surface area contributed by atoms with Crippen LogP contribution in [0, 0.1) is 11.6 Å². The van der Waals surface area contributed by atoms with E-state index in [-0.39, 0.29) is 18.1 Å². The molecule has 0 fully saturated rings. The molecule has 0 atom stereocenters. The number of halogens is 2. The predicted molar refractivity (Wildman–Crippen MR) is 93.3 cm³/mol. The van der Waals surface area contributed by atoms with Crippen LogP contribution >= 0.6 is 0 Å². The van der Waals surface area contributed by atoms with Gasteiger partial charge in [0.15, 0.2) is 0 Å². The second-order valence-electron chi connectivity index (χ2n) is 5.61. The van der Waals surface area contributed by atoms with Gasteiger partial charge in [0.25, 0.3) is 0 Å². The average Bonchev–Trinajstić information content (AvgIpc) is 2.61. The minimum absolute atomic E-state index is 0.0334. The zero-order valence-electron chi connectivity index (χ0n) is 13.6. The van der Waals surface area contributed by atoms with Gasteiger partial charge in [-0.15, -0.1) is 0 Å². The fraction of sp³-hybridized carbons (Fsp3) is 0.111. The lowest BCUT2D eigenvalue weighted by Gasteiger charge is -2.08. The third-order valence-corrected chi connectivity index (χ3v) is 4.88. The molecule has 0 aliphatic heterocycles. The maximum atomic E-state index is 13.2. The Morgan fingerprint density at radius 3 is 2.42 bits per heavy atom. The number of rotatable bonds is 6. The van der Waals surface area contributed by atoms with Gasteiger partial charge in [-0.05, 0) is 48.0 Å². The molecule has 0 unspecified atom stereocenters. The van der Waals surface area contributed by atoms with Crippen LogP contribution in [0.5, 0.6) is 0 Å². The van der Waals surface area contributed by atoms with Crippen molar-refractivity contribution in [3.63, 3.8) is 0 Å². The highest BCUT2D eigenvalue weighted by Gasteiger charge is 2.13. The quantitative estimate of drug-likeness (QED) is 0.719. The van der Waals surface area contributed by atoms with Gasteiger partial charge in [0.2, 0.25) is 10.0 Å². The van der Waals surface area contributed by atoms with Crippen molar-refractivity contribution in [3.05, 3.63) is 83.8 Å². The van der Waals surface area contributed by atoms with Crippen LogP contribution in [0.1, 0.15) is 11.3 Å². The smallest absolute Gasteiger partial charge is 0.216 e. The van der Waals surface area contributed by atoms with Crippen LogP contribution in [0.3, 0.4) is 0 Å². The Morgan fingerprint density at radius 2 is 1.69 bits per heavy atom. The normalized spacial score (nSPS) is 11.5. The Hall–Kier alpha value is -2.71. The lowest BCUT2D eigenvalue weighted by molar-refractivity contribution is 0.579. The van der Waals surface area contributed by atoms with Crippen molar-refractivity contribution >= 4 is 10.0 Å². The Balaban J connectivity index is 1.69. The summed E-state index contributed by atoms with van der Waals surface area (Å²) in [7, 11) is -3.66. The van der Waals surface area contributed by atoms with E-state index in [0.717, 1.165) is 0 Å². The second kappa shape index (κ2) is 7.67. The highest BCUT2D eigenvalue weighted by molar-refractivity contribution is 7.88. The summed E-state index contributed by atoms with van der Waals surface area (Å²) in [6, 6.07) is 12.8. The van der Waals surface area contributed by atoms with Crippen LogP contribution in [-0.2, 0) is 22.3 Å². The first-order valence-corrected chi connectivity index (χ1v) is 9.35. The number of sulfonamides is 1. The third kappa shape index (κ3) is 4.90. The molecule has 3 aromatic rings. The highest BCUT2D eigenvalue weighted by Crippen LogP contribution is 2.17. The van der Waals surface area contributed by atoms with Crippen molar-refractivity contribution in [2.24, 2.45) is 0 Å². The molecule has 0 radical (unpaired) electrons. The molecule has 0 aliphatic rings. The molecule has 0 saturated heterocycles. The van der Waals surface area contributed by atoms with Crippen LogP contribution in [0.25, 0.3) is 11.3 Å². The standard InChI is InChI=1S/C18H15F2N3O2S/c19-15-6-4-14(5-7-15)18-9-17(21-12-22-18)10-23-26(24,25)11-13-2-1-3-16(20)8-13/h1-9,12,23H,10-11H2. The molecule has 1 heterocycles. The molecule has 0 aliphatic carbocycles. The second-order valence-corrected chi connectivity index (χ2v) is 7.42. The summed E-state index contributed by atoms with van der Waals surface area (Å²) in [5.41, 5.74) is 2.06. The van der Waals surface area contributed by atoms with E-state index in [0.29, 0.717) is 22.5 Å². The summed E-state index contributed by atoms with van der Waals surface area (Å²) < 4.78 is 52.9. The average molecular weight is 375 g/mol. The number of nitrogens with zero attached hydrogens (tertiary/aromatic N) is 2. The Bertz CT molecular complexity index is 1010. The summed E-state index contributed by atoms with van der Waals surface area (Å²) in [5, 5.41) is 0. The fourth-order valence-electron chi connectivity index (χ4n) is 2.35. The van der Waals surface area contributed by atoms with E-state index >= 15 is 0 Å². The van der Waals surface area contributed by atoms with Crippen LogP contribution in [0.15, 0.2) is 60.9 Å². The molecular weight excluding hydrogens is 360 g/mol. The van der Waals surface area contributed by atoms with Crippen LogP contribution < -0.4 is 4.72 Å². The van der Waals surface area contributed by atoms with Crippen molar-refractivity contribution in [1.29, 1.82) is 0 Å². The number of hydrogen-bond acceptors (Lipinski definition) is 4. The molecule has 26 heavy (non-hydrogen) atoms. The summed E-state index contributed by atoms with van der Waals surface area (Å²) in [4.78, 5) is 8.14. The minimum atomic E-state index is -3.66. The van der Waals surface area contributed by atoms with Gasteiger partial charge in [0.05, 0.1) is 23.7 Å². The number of aromatic nitrogens is 2. The van der Waals surface area contributed by atoms with E-state index in [1.165, 1.54) is 36.7 Å². The van der Waals surface area contributed by atoms with Gasteiger partial charge in [-0.2, -0.15) is 0 Å². The van der Waals surface area contributed by atoms with Crippen molar-refractivity contribution < 1.29 is 17.2 Å². The van der Waals surface area contributed by atoms with Gasteiger partial charge in [0.1, 0.15) is 18.0 Å². The van der Waals surface area contributed by atoms with E-state index in [4.69, 9.17) is 0 Å². The molecule has 3 rings (SSSR count). The monoisotopic (exact) mass is 375 g/mol. The molecule has 134 valence electrons. The van der Waals surface area contributed by atoms with E-state index in [1.54, 1.807) is 24.3 Å². The van der Waals surface area contributed by atoms with Gasteiger partial charge in [-0.1, -0.05) is 12.1 Å². The Kier molecular flexibility index (Phi) is 5.34. The van der Waals surface area contributed by atoms with Gasteiger partial charge in [-0.3, -0.25) is 0 Å². The fourth-order valence-corrected chi connectivity index (χ4v) is 3.44. The van der Waals surface area contributed by atoms with Crippen LogP contribution in [-0.4, -0.2) is 18.4 Å². The Labute approximate surface area is 149 Å². The SMILES string of the molecule is O=S(=O)(Cc1cccc(F)c1)NCc1cc(-c2ccc(F)cc2)ncn1. The minimum Gasteiger partial charge on any atom is -0.240 e. The summed E-state index contributed by atoms with van der Waals surface area (Å²) in [5.74, 6) is -1.17. The van der Waals surface area contributed by atoms with Crippen molar-refractivity contribution in [2.45, 2.75) is 12.3 Å². The highest BCUT2D eigenvalue weighted by atomic mass is 32.2. The van der Waals surface area contributed by atoms with Gasteiger partial charge < -0.3 is 0 Å². The first-order valence-electron chi connectivity index (χ1n) is 7.70. The lowest BCUT2D eigenvalue weighted by atomic mass is 10.1. The Morgan fingerprint density at radius 1 is 0.923 bits per heavy atom. The molecule has 8 heteroatoms. The molecule has 1 N–H and O–H groups in total. The molecule has 0 saturated carbocycles. The van der Waals surface area contributed by atoms with Crippen LogP contribution in [0.4, 0.5) is 8.78 Å². The molecule has 0 amide bonds. The van der Waals surface area contributed by atoms with Crippen molar-refractivity contribution in [1.82, 2.24) is 14.7 Å². The van der Waals surface area contributed by atoms with Crippen molar-refractivity contribution in [3.8, 4) is 11.3 Å². The first kappa shape index (κ1) is 18.1.